The van der Waals surface area contributed by atoms with Crippen LogP contribution in [-0.2, 0) is 6.54 Å². The van der Waals surface area contributed by atoms with Crippen molar-refractivity contribution in [3.63, 3.8) is 0 Å². The zero-order valence-electron chi connectivity index (χ0n) is 12.4. The SMILES string of the molecule is O=C(NCc1cc(F)ccc1F)c1nc(-c2nccs2)[nH]c(=O)c1O. The summed E-state index contributed by atoms with van der Waals surface area (Å²) in [6, 6.07) is 2.81. The number of amides is 1. The molecule has 1 aromatic carbocycles. The van der Waals surface area contributed by atoms with Crippen molar-refractivity contribution in [1.82, 2.24) is 20.3 Å². The van der Waals surface area contributed by atoms with Crippen molar-refractivity contribution >= 4 is 17.2 Å². The maximum atomic E-state index is 13.6. The normalized spacial score (nSPS) is 10.6. The highest BCUT2D eigenvalue weighted by molar-refractivity contribution is 7.13. The molecule has 0 bridgehead atoms. The predicted molar refractivity (Wildman–Crippen MR) is 85.2 cm³/mol. The second-order valence-electron chi connectivity index (χ2n) is 4.87. The lowest BCUT2D eigenvalue weighted by Gasteiger charge is -2.08. The van der Waals surface area contributed by atoms with Crippen LogP contribution >= 0.6 is 11.3 Å². The number of aromatic amines is 1. The molecule has 128 valence electrons. The molecule has 0 spiro atoms. The van der Waals surface area contributed by atoms with Gasteiger partial charge in [-0.15, -0.1) is 11.3 Å². The van der Waals surface area contributed by atoms with E-state index in [1.54, 1.807) is 5.38 Å². The first-order valence-corrected chi connectivity index (χ1v) is 7.79. The summed E-state index contributed by atoms with van der Waals surface area (Å²) in [5.74, 6) is -3.13. The van der Waals surface area contributed by atoms with Gasteiger partial charge in [0.1, 0.15) is 11.6 Å². The molecule has 1 amide bonds. The van der Waals surface area contributed by atoms with Gasteiger partial charge in [0, 0.05) is 23.7 Å². The average Bonchev–Trinajstić information content (AvgIpc) is 3.12. The molecule has 0 saturated carbocycles. The molecule has 3 N–H and O–H groups in total. The summed E-state index contributed by atoms with van der Waals surface area (Å²) in [7, 11) is 0. The van der Waals surface area contributed by atoms with Gasteiger partial charge in [-0.05, 0) is 18.2 Å². The van der Waals surface area contributed by atoms with Crippen molar-refractivity contribution in [2.24, 2.45) is 0 Å². The van der Waals surface area contributed by atoms with Gasteiger partial charge < -0.3 is 15.4 Å². The van der Waals surface area contributed by atoms with Crippen LogP contribution in [-0.4, -0.2) is 26.0 Å². The Bertz CT molecular complexity index is 989. The second kappa shape index (κ2) is 6.77. The van der Waals surface area contributed by atoms with E-state index in [0.29, 0.717) is 5.01 Å². The van der Waals surface area contributed by atoms with Gasteiger partial charge in [-0.2, -0.15) is 0 Å². The van der Waals surface area contributed by atoms with Crippen molar-refractivity contribution in [3.05, 3.63) is 63.0 Å². The number of carbonyl (C=O) groups excluding carboxylic acids is 1. The average molecular weight is 364 g/mol. The monoisotopic (exact) mass is 364 g/mol. The molecule has 3 aromatic rings. The first-order valence-electron chi connectivity index (χ1n) is 6.91. The lowest BCUT2D eigenvalue weighted by atomic mass is 10.2. The maximum Gasteiger partial charge on any atom is 0.294 e. The number of aromatic nitrogens is 3. The standard InChI is InChI=1S/C15H10F2N4O3S/c16-8-1-2-9(17)7(5-8)6-19-13(23)10-11(22)14(24)21-12(20-10)15-18-3-4-25-15/h1-5,22H,6H2,(H,19,23)(H,20,21,24). The predicted octanol–water partition coefficient (Wildman–Crippen LogP) is 1.81. The van der Waals surface area contributed by atoms with Gasteiger partial charge in [-0.1, -0.05) is 0 Å². The summed E-state index contributed by atoms with van der Waals surface area (Å²) in [6.45, 7) is -0.344. The van der Waals surface area contributed by atoms with Crippen LogP contribution in [0.5, 0.6) is 5.75 Å². The number of thiazole rings is 1. The van der Waals surface area contributed by atoms with Crippen LogP contribution in [0.25, 0.3) is 10.8 Å². The zero-order chi connectivity index (χ0) is 18.0. The molecule has 2 heterocycles. The molecule has 0 unspecified atom stereocenters. The van der Waals surface area contributed by atoms with Crippen LogP contribution in [0.1, 0.15) is 16.1 Å². The number of nitrogens with zero attached hydrogens (tertiary/aromatic N) is 2. The van der Waals surface area contributed by atoms with E-state index in [0.717, 1.165) is 18.2 Å². The Hall–Kier alpha value is -3.14. The van der Waals surface area contributed by atoms with Gasteiger partial charge in [0.05, 0.1) is 0 Å². The van der Waals surface area contributed by atoms with E-state index in [1.165, 1.54) is 17.5 Å². The molecule has 7 nitrogen and oxygen atoms in total. The number of rotatable bonds is 4. The van der Waals surface area contributed by atoms with E-state index < -0.39 is 34.5 Å². The van der Waals surface area contributed by atoms with Gasteiger partial charge in [0.15, 0.2) is 16.5 Å². The highest BCUT2D eigenvalue weighted by Crippen LogP contribution is 2.19. The molecule has 0 atom stereocenters. The topological polar surface area (TPSA) is 108 Å². The Balaban J connectivity index is 1.87. The fraction of sp³-hybridized carbons (Fsp3) is 0.0667. The van der Waals surface area contributed by atoms with E-state index in [9.17, 15) is 23.5 Å². The van der Waals surface area contributed by atoms with E-state index in [-0.39, 0.29) is 17.9 Å². The number of H-pyrrole nitrogens is 1. The van der Waals surface area contributed by atoms with Crippen LogP contribution in [0.15, 0.2) is 34.6 Å². The highest BCUT2D eigenvalue weighted by atomic mass is 32.1. The molecule has 0 aliphatic rings. The smallest absolute Gasteiger partial charge is 0.294 e. The molecule has 0 fully saturated rings. The summed E-state index contributed by atoms with van der Waals surface area (Å²) in [5, 5.41) is 14.1. The number of hydrogen-bond donors (Lipinski definition) is 3. The molecular weight excluding hydrogens is 354 g/mol. The summed E-state index contributed by atoms with van der Waals surface area (Å²) >= 11 is 1.18. The van der Waals surface area contributed by atoms with Crippen LogP contribution < -0.4 is 10.9 Å². The quantitative estimate of drug-likeness (QED) is 0.654. The van der Waals surface area contributed by atoms with E-state index in [4.69, 9.17) is 0 Å². The van der Waals surface area contributed by atoms with Gasteiger partial charge in [0.2, 0.25) is 5.75 Å². The van der Waals surface area contributed by atoms with Crippen molar-refractivity contribution < 1.29 is 18.7 Å². The number of aromatic hydroxyl groups is 1. The van der Waals surface area contributed by atoms with Crippen molar-refractivity contribution in [1.29, 1.82) is 0 Å². The van der Waals surface area contributed by atoms with Crippen molar-refractivity contribution in [2.45, 2.75) is 6.54 Å². The number of benzene rings is 1. The summed E-state index contributed by atoms with van der Waals surface area (Å²) in [6.07, 6.45) is 1.49. The van der Waals surface area contributed by atoms with Crippen LogP contribution in [0.3, 0.4) is 0 Å². The minimum atomic E-state index is -0.915. The Morgan fingerprint density at radius 2 is 2.16 bits per heavy atom. The fourth-order valence-electron chi connectivity index (χ4n) is 2.00. The fourth-order valence-corrected chi connectivity index (χ4v) is 2.59. The summed E-state index contributed by atoms with van der Waals surface area (Å²) in [4.78, 5) is 34.1. The summed E-state index contributed by atoms with van der Waals surface area (Å²) in [5.41, 5.74) is -1.54. The first-order chi connectivity index (χ1) is 12.0. The van der Waals surface area contributed by atoms with Crippen molar-refractivity contribution in [3.8, 4) is 16.6 Å². The molecule has 2 aromatic heterocycles. The number of hydrogen-bond acceptors (Lipinski definition) is 6. The van der Waals surface area contributed by atoms with E-state index >= 15 is 0 Å². The Labute approximate surface area is 143 Å². The number of carbonyl (C=O) groups is 1. The van der Waals surface area contributed by atoms with Gasteiger partial charge in [-0.3, -0.25) is 9.59 Å². The van der Waals surface area contributed by atoms with Crippen LogP contribution in [0.2, 0.25) is 0 Å². The molecule has 0 saturated heterocycles. The molecule has 3 rings (SSSR count). The van der Waals surface area contributed by atoms with E-state index in [1.807, 2.05) is 0 Å². The third kappa shape index (κ3) is 3.53. The van der Waals surface area contributed by atoms with Gasteiger partial charge in [0.25, 0.3) is 11.5 Å². The number of nitrogens with one attached hydrogen (secondary N) is 2. The second-order valence-corrected chi connectivity index (χ2v) is 5.76. The highest BCUT2D eigenvalue weighted by Gasteiger charge is 2.19. The Morgan fingerprint density at radius 3 is 2.88 bits per heavy atom. The zero-order valence-corrected chi connectivity index (χ0v) is 13.2. The lowest BCUT2D eigenvalue weighted by Crippen LogP contribution is -2.27. The molecular formula is C15H10F2N4O3S. The minimum Gasteiger partial charge on any atom is -0.501 e. The Kier molecular flexibility index (Phi) is 4.52. The lowest BCUT2D eigenvalue weighted by molar-refractivity contribution is 0.0942. The summed E-state index contributed by atoms with van der Waals surface area (Å²) < 4.78 is 26.7. The molecule has 25 heavy (non-hydrogen) atoms. The Morgan fingerprint density at radius 1 is 1.36 bits per heavy atom. The molecule has 10 heteroatoms. The number of halogens is 2. The largest absolute Gasteiger partial charge is 0.501 e. The molecule has 0 aliphatic heterocycles. The molecule has 0 aliphatic carbocycles. The van der Waals surface area contributed by atoms with Gasteiger partial charge >= 0.3 is 0 Å². The molecule has 0 radical (unpaired) electrons. The third-order valence-corrected chi connectivity index (χ3v) is 3.97. The van der Waals surface area contributed by atoms with E-state index in [2.05, 4.69) is 20.3 Å². The maximum absolute atomic E-state index is 13.6. The first kappa shape index (κ1) is 16.7. The van der Waals surface area contributed by atoms with Crippen LogP contribution in [0, 0.1) is 11.6 Å². The van der Waals surface area contributed by atoms with Gasteiger partial charge in [-0.25, -0.2) is 18.7 Å². The third-order valence-electron chi connectivity index (χ3n) is 3.19. The minimum absolute atomic E-state index is 0.0138. The van der Waals surface area contributed by atoms with Crippen LogP contribution in [0.4, 0.5) is 8.78 Å². The van der Waals surface area contributed by atoms with Crippen molar-refractivity contribution in [2.75, 3.05) is 0 Å².